The average molecular weight is 595 g/mol. The number of carbonyl (C=O) groups is 1. The zero-order chi connectivity index (χ0) is 29.1. The van der Waals surface area contributed by atoms with Crippen LogP contribution in [-0.4, -0.2) is 47.3 Å². The van der Waals surface area contributed by atoms with Crippen LogP contribution in [-0.2, 0) is 21.4 Å². The monoisotopic (exact) mass is 594 g/mol. The molecule has 6 rings (SSSR count). The highest BCUT2D eigenvalue weighted by molar-refractivity contribution is 7.89. The van der Waals surface area contributed by atoms with E-state index in [4.69, 9.17) is 9.47 Å². The van der Waals surface area contributed by atoms with Crippen molar-refractivity contribution in [3.63, 3.8) is 0 Å². The number of amides is 1. The summed E-state index contributed by atoms with van der Waals surface area (Å²) in [5.74, 6) is 0.791. The Bertz CT molecular complexity index is 1550. The van der Waals surface area contributed by atoms with Gasteiger partial charge in [0.25, 0.3) is 0 Å². The quantitative estimate of drug-likeness (QED) is 0.384. The van der Waals surface area contributed by atoms with Crippen molar-refractivity contribution in [2.24, 2.45) is 5.92 Å². The maximum absolute atomic E-state index is 14.4. The number of hydrogen-bond donors (Lipinski definition) is 2. The molecule has 0 bridgehead atoms. The lowest BCUT2D eigenvalue weighted by Crippen LogP contribution is -2.47. The fourth-order valence-corrected chi connectivity index (χ4v) is 7.15. The number of rotatable bonds is 8. The van der Waals surface area contributed by atoms with E-state index < -0.39 is 10.0 Å². The van der Waals surface area contributed by atoms with Crippen LogP contribution < -0.4 is 29.3 Å². The number of piperazine rings is 1. The first kappa shape index (κ1) is 28.3. The minimum atomic E-state index is -4.00. The number of benzene rings is 3. The molecule has 2 fully saturated rings. The number of fused-ring (bicyclic) bond motifs is 1. The highest BCUT2D eigenvalue weighted by Gasteiger charge is 2.28. The van der Waals surface area contributed by atoms with Gasteiger partial charge in [-0.05, 0) is 60.9 Å². The van der Waals surface area contributed by atoms with Crippen LogP contribution in [0.25, 0.3) is 0 Å². The molecule has 1 amide bonds. The standard InChI is InChI=1S/C31H35FN4O5S/c32-25-8-4-5-9-26(25)35-14-16-36(17-15-35)27-12-11-24(34-31(37)23-6-2-1-3-7-23)19-30(27)42(38,39)33-20-22-10-13-28-29(18-22)41-21-40-28/h4-5,8-13,18-19,23,33H,1-3,6-7,14-17,20-21H2,(H,34,37). The molecule has 222 valence electrons. The average Bonchev–Trinajstić information content (AvgIpc) is 3.49. The Balaban J connectivity index is 1.24. The van der Waals surface area contributed by atoms with Crippen molar-refractivity contribution in [1.29, 1.82) is 0 Å². The normalized spacial score (nSPS) is 17.4. The van der Waals surface area contributed by atoms with Gasteiger partial charge in [-0.1, -0.05) is 37.5 Å². The van der Waals surface area contributed by atoms with E-state index in [0.717, 1.165) is 37.7 Å². The first-order valence-electron chi connectivity index (χ1n) is 14.4. The zero-order valence-corrected chi connectivity index (χ0v) is 24.2. The fourth-order valence-electron chi connectivity index (χ4n) is 5.88. The molecule has 11 heteroatoms. The zero-order valence-electron chi connectivity index (χ0n) is 23.4. The third-order valence-electron chi connectivity index (χ3n) is 8.21. The van der Waals surface area contributed by atoms with Crippen LogP contribution in [0.5, 0.6) is 11.5 Å². The van der Waals surface area contributed by atoms with E-state index in [-0.39, 0.29) is 35.9 Å². The molecule has 9 nitrogen and oxygen atoms in total. The van der Waals surface area contributed by atoms with Gasteiger partial charge >= 0.3 is 0 Å². The van der Waals surface area contributed by atoms with Gasteiger partial charge in [-0.15, -0.1) is 0 Å². The molecule has 2 N–H and O–H groups in total. The maximum Gasteiger partial charge on any atom is 0.243 e. The smallest absolute Gasteiger partial charge is 0.243 e. The lowest BCUT2D eigenvalue weighted by atomic mass is 9.88. The molecule has 1 saturated carbocycles. The number of nitrogens with one attached hydrogen (secondary N) is 2. The van der Waals surface area contributed by atoms with Crippen LogP contribution in [0.15, 0.2) is 65.6 Å². The molecule has 2 heterocycles. The molecule has 0 spiro atoms. The third kappa shape index (κ3) is 6.17. The molecule has 0 radical (unpaired) electrons. The molecule has 42 heavy (non-hydrogen) atoms. The Kier molecular flexibility index (Phi) is 8.21. The third-order valence-corrected chi connectivity index (χ3v) is 9.64. The highest BCUT2D eigenvalue weighted by atomic mass is 32.2. The second kappa shape index (κ2) is 12.2. The van der Waals surface area contributed by atoms with E-state index in [0.29, 0.717) is 54.7 Å². The second-order valence-electron chi connectivity index (χ2n) is 10.9. The molecule has 2 aliphatic heterocycles. The minimum absolute atomic E-state index is 0.0537. The Labute approximate surface area is 245 Å². The molecule has 0 atom stereocenters. The largest absolute Gasteiger partial charge is 0.454 e. The molecule has 3 aromatic rings. The van der Waals surface area contributed by atoms with Gasteiger partial charge in [-0.25, -0.2) is 17.5 Å². The Morgan fingerprint density at radius 2 is 1.57 bits per heavy atom. The van der Waals surface area contributed by atoms with Crippen LogP contribution in [0.3, 0.4) is 0 Å². The molecule has 3 aromatic carbocycles. The van der Waals surface area contributed by atoms with Crippen molar-refractivity contribution >= 4 is 33.0 Å². The number of halogens is 1. The summed E-state index contributed by atoms with van der Waals surface area (Å²) in [6, 6.07) is 17.0. The number of ether oxygens (including phenoxy) is 2. The predicted molar refractivity (Wildman–Crippen MR) is 159 cm³/mol. The molecular weight excluding hydrogens is 559 g/mol. The maximum atomic E-state index is 14.4. The van der Waals surface area contributed by atoms with Gasteiger partial charge in [0.05, 0.1) is 11.4 Å². The van der Waals surface area contributed by atoms with Crippen molar-refractivity contribution in [2.45, 2.75) is 43.5 Å². The summed E-state index contributed by atoms with van der Waals surface area (Å²) < 4.78 is 55.5. The molecule has 3 aliphatic rings. The molecule has 1 saturated heterocycles. The van der Waals surface area contributed by atoms with Crippen LogP contribution in [0.4, 0.5) is 21.5 Å². The van der Waals surface area contributed by atoms with Crippen LogP contribution in [0.2, 0.25) is 0 Å². The van der Waals surface area contributed by atoms with Crippen molar-refractivity contribution in [3.8, 4) is 11.5 Å². The van der Waals surface area contributed by atoms with Gasteiger partial charge in [-0.3, -0.25) is 4.79 Å². The fraction of sp³-hybridized carbons (Fsp3) is 0.387. The van der Waals surface area contributed by atoms with Crippen molar-refractivity contribution in [2.75, 3.05) is 48.1 Å². The lowest BCUT2D eigenvalue weighted by molar-refractivity contribution is -0.120. The van der Waals surface area contributed by atoms with E-state index in [1.54, 1.807) is 48.5 Å². The first-order valence-corrected chi connectivity index (χ1v) is 15.9. The number of nitrogens with zero attached hydrogens (tertiary/aromatic N) is 2. The van der Waals surface area contributed by atoms with Crippen LogP contribution in [0, 0.1) is 11.7 Å². The van der Waals surface area contributed by atoms with Gasteiger partial charge in [-0.2, -0.15) is 0 Å². The molecule has 1 aliphatic carbocycles. The summed E-state index contributed by atoms with van der Waals surface area (Å²) in [5.41, 5.74) is 2.25. The summed E-state index contributed by atoms with van der Waals surface area (Å²) >= 11 is 0. The van der Waals surface area contributed by atoms with E-state index in [1.165, 1.54) is 6.07 Å². The number of sulfonamides is 1. The van der Waals surface area contributed by atoms with Gasteiger partial charge in [0.15, 0.2) is 11.5 Å². The van der Waals surface area contributed by atoms with Crippen molar-refractivity contribution in [1.82, 2.24) is 4.72 Å². The SMILES string of the molecule is O=C(Nc1ccc(N2CCN(c3ccccc3F)CC2)c(S(=O)(=O)NCc2ccc3c(c2)OCO3)c1)C1CCCCC1. The van der Waals surface area contributed by atoms with Crippen LogP contribution in [0.1, 0.15) is 37.7 Å². The summed E-state index contributed by atoms with van der Waals surface area (Å²) in [6.07, 6.45) is 4.88. The Morgan fingerprint density at radius 3 is 2.33 bits per heavy atom. The van der Waals surface area contributed by atoms with Gasteiger partial charge in [0.2, 0.25) is 22.7 Å². The molecular formula is C31H35FN4O5S. The number of carbonyl (C=O) groups excluding carboxylic acids is 1. The summed E-state index contributed by atoms with van der Waals surface area (Å²) in [4.78, 5) is 17.0. The Hall–Kier alpha value is -3.83. The summed E-state index contributed by atoms with van der Waals surface area (Å²) in [5, 5.41) is 2.96. The lowest BCUT2D eigenvalue weighted by Gasteiger charge is -2.38. The van der Waals surface area contributed by atoms with E-state index >= 15 is 0 Å². The summed E-state index contributed by atoms with van der Waals surface area (Å²) in [6.45, 7) is 2.27. The van der Waals surface area contributed by atoms with Gasteiger partial charge in [0.1, 0.15) is 10.7 Å². The predicted octanol–water partition coefficient (Wildman–Crippen LogP) is 4.88. The number of anilines is 3. The van der Waals surface area contributed by atoms with E-state index in [1.807, 2.05) is 15.9 Å². The molecule has 0 aromatic heterocycles. The Morgan fingerprint density at radius 1 is 0.857 bits per heavy atom. The van der Waals surface area contributed by atoms with Gasteiger partial charge < -0.3 is 24.6 Å². The highest BCUT2D eigenvalue weighted by Crippen LogP contribution is 2.34. The number of hydrogen-bond acceptors (Lipinski definition) is 7. The first-order chi connectivity index (χ1) is 20.4. The second-order valence-corrected chi connectivity index (χ2v) is 12.7. The van der Waals surface area contributed by atoms with E-state index in [2.05, 4.69) is 10.0 Å². The summed E-state index contributed by atoms with van der Waals surface area (Å²) in [7, 11) is -4.00. The van der Waals surface area contributed by atoms with Crippen molar-refractivity contribution < 1.29 is 27.1 Å². The van der Waals surface area contributed by atoms with Crippen LogP contribution >= 0.6 is 0 Å². The van der Waals surface area contributed by atoms with Crippen molar-refractivity contribution in [3.05, 3.63) is 72.0 Å². The topological polar surface area (TPSA) is 100 Å². The number of para-hydroxylation sites is 1. The van der Waals surface area contributed by atoms with E-state index in [9.17, 15) is 17.6 Å². The van der Waals surface area contributed by atoms with Gasteiger partial charge in [0, 0.05) is 44.3 Å². The molecule has 0 unspecified atom stereocenters. The minimum Gasteiger partial charge on any atom is -0.454 e.